The molecule has 6 nitrogen and oxygen atoms in total. The largest absolute Gasteiger partial charge is 0.497 e. The summed E-state index contributed by atoms with van der Waals surface area (Å²) in [6, 6.07) is 4.77. The van der Waals surface area contributed by atoms with Crippen LogP contribution in [0.25, 0.3) is 0 Å². The molecular formula is C16H16F3NO5. The van der Waals surface area contributed by atoms with Crippen molar-refractivity contribution in [1.82, 2.24) is 0 Å². The van der Waals surface area contributed by atoms with Crippen LogP contribution in [0, 0.1) is 12.8 Å². The fourth-order valence-corrected chi connectivity index (χ4v) is 1.75. The predicted octanol–water partition coefficient (Wildman–Crippen LogP) is 2.42. The Labute approximate surface area is 141 Å². The van der Waals surface area contributed by atoms with E-state index in [1.165, 1.54) is 13.2 Å². The second kappa shape index (κ2) is 8.32. The number of allylic oxidation sites excluding steroid dienone is 1. The molecule has 0 spiro atoms. The van der Waals surface area contributed by atoms with Gasteiger partial charge >= 0.3 is 12.1 Å². The summed E-state index contributed by atoms with van der Waals surface area (Å²) in [6.07, 6.45) is -4.43. The number of carbonyl (C=O) groups excluding carboxylic acids is 3. The number of nitrogens with one attached hydrogen (secondary N) is 1. The van der Waals surface area contributed by atoms with E-state index in [9.17, 15) is 27.6 Å². The zero-order chi connectivity index (χ0) is 19.2. The summed E-state index contributed by atoms with van der Waals surface area (Å²) in [4.78, 5) is 34.8. The third kappa shape index (κ3) is 5.63. The Kier molecular flexibility index (Phi) is 6.72. The second-order valence-electron chi connectivity index (χ2n) is 4.89. The number of alkyl halides is 3. The molecule has 0 aliphatic heterocycles. The number of ether oxygens (including phenoxy) is 2. The maximum Gasteiger partial charge on any atom is 0.454 e. The first kappa shape index (κ1) is 20.2. The van der Waals surface area contributed by atoms with Gasteiger partial charge in [0.1, 0.15) is 5.75 Å². The van der Waals surface area contributed by atoms with Crippen molar-refractivity contribution < 1.29 is 37.0 Å². The summed E-state index contributed by atoms with van der Waals surface area (Å²) in [5.74, 6) is -5.54. The fraction of sp³-hybridized carbons (Fsp3) is 0.312. The first-order chi connectivity index (χ1) is 11.6. The molecule has 1 atom stereocenters. The van der Waals surface area contributed by atoms with Crippen molar-refractivity contribution in [3.05, 3.63) is 35.9 Å². The Morgan fingerprint density at radius 2 is 1.84 bits per heavy atom. The van der Waals surface area contributed by atoms with Crippen molar-refractivity contribution >= 4 is 23.3 Å². The van der Waals surface area contributed by atoms with E-state index in [0.29, 0.717) is 23.1 Å². The number of aryl methyl sites for hydroxylation is 1. The molecule has 0 fully saturated rings. The molecule has 0 aliphatic rings. The monoisotopic (exact) mass is 359 g/mol. The van der Waals surface area contributed by atoms with E-state index in [0.717, 1.165) is 7.11 Å². The minimum Gasteiger partial charge on any atom is -0.497 e. The Morgan fingerprint density at radius 1 is 1.20 bits per heavy atom. The number of rotatable bonds is 6. The molecule has 0 saturated heterocycles. The van der Waals surface area contributed by atoms with E-state index in [4.69, 9.17) is 4.74 Å². The van der Waals surface area contributed by atoms with Crippen molar-refractivity contribution in [2.75, 3.05) is 19.5 Å². The Morgan fingerprint density at radius 3 is 2.36 bits per heavy atom. The molecule has 25 heavy (non-hydrogen) atoms. The number of carbonyl (C=O) groups is 3. The highest BCUT2D eigenvalue weighted by atomic mass is 19.4. The molecule has 0 heterocycles. The molecule has 1 unspecified atom stereocenters. The molecule has 1 amide bonds. The minimum absolute atomic E-state index is 0.125. The van der Waals surface area contributed by atoms with Gasteiger partial charge in [0, 0.05) is 11.8 Å². The lowest BCUT2D eigenvalue weighted by molar-refractivity contribution is -0.165. The third-order valence-electron chi connectivity index (χ3n) is 3.16. The summed E-state index contributed by atoms with van der Waals surface area (Å²) < 4.78 is 46.1. The molecule has 0 radical (unpaired) electrons. The first-order valence-electron chi connectivity index (χ1n) is 6.92. The molecule has 1 aromatic rings. The summed E-state index contributed by atoms with van der Waals surface area (Å²) >= 11 is 0. The Bertz CT molecular complexity index is 698. The number of hydrogen-bond acceptors (Lipinski definition) is 5. The molecule has 136 valence electrons. The Balaban J connectivity index is 3.04. The molecule has 0 saturated carbocycles. The first-order valence-corrected chi connectivity index (χ1v) is 6.92. The van der Waals surface area contributed by atoms with E-state index >= 15 is 0 Å². The molecule has 0 bridgehead atoms. The molecule has 0 aromatic heterocycles. The SMILES string of the molecule is COC(=O)C(/C=C/C(=O)C(F)(F)F)C(=O)Nc1cc(OC)ccc1C. The number of esters is 1. The number of amides is 1. The maximum atomic E-state index is 12.2. The highest BCUT2D eigenvalue weighted by molar-refractivity contribution is 6.07. The lowest BCUT2D eigenvalue weighted by Gasteiger charge is -2.14. The van der Waals surface area contributed by atoms with E-state index in [1.54, 1.807) is 19.1 Å². The van der Waals surface area contributed by atoms with Crippen LogP contribution in [0.1, 0.15) is 5.56 Å². The van der Waals surface area contributed by atoms with E-state index in [-0.39, 0.29) is 6.08 Å². The molecular weight excluding hydrogens is 343 g/mol. The van der Waals surface area contributed by atoms with Crippen molar-refractivity contribution in [2.24, 2.45) is 5.92 Å². The van der Waals surface area contributed by atoms with Crippen LogP contribution < -0.4 is 10.1 Å². The van der Waals surface area contributed by atoms with Gasteiger partial charge < -0.3 is 14.8 Å². The van der Waals surface area contributed by atoms with Gasteiger partial charge in [0.2, 0.25) is 5.91 Å². The van der Waals surface area contributed by atoms with Gasteiger partial charge in [-0.25, -0.2) is 0 Å². The van der Waals surface area contributed by atoms with Gasteiger partial charge in [-0.15, -0.1) is 0 Å². The molecule has 9 heteroatoms. The van der Waals surface area contributed by atoms with Crippen molar-refractivity contribution in [3.8, 4) is 5.75 Å². The molecule has 1 rings (SSSR count). The maximum absolute atomic E-state index is 12.2. The van der Waals surface area contributed by atoms with Crippen molar-refractivity contribution in [1.29, 1.82) is 0 Å². The van der Waals surface area contributed by atoms with Gasteiger partial charge in [0.05, 0.1) is 14.2 Å². The number of methoxy groups -OCH3 is 2. The number of anilines is 1. The molecule has 1 aromatic carbocycles. The van der Waals surface area contributed by atoms with Crippen LogP contribution in [0.2, 0.25) is 0 Å². The quantitative estimate of drug-likeness (QED) is 0.479. The van der Waals surface area contributed by atoms with Crippen LogP contribution in [0.5, 0.6) is 5.75 Å². The Hall–Kier alpha value is -2.84. The van der Waals surface area contributed by atoms with E-state index < -0.39 is 29.8 Å². The van der Waals surface area contributed by atoms with E-state index in [1.807, 2.05) is 0 Å². The minimum atomic E-state index is -5.10. The molecule has 0 aliphatic carbocycles. The smallest absolute Gasteiger partial charge is 0.454 e. The normalized spacial score (nSPS) is 12.6. The zero-order valence-electron chi connectivity index (χ0n) is 13.6. The van der Waals surface area contributed by atoms with Crippen LogP contribution in [0.4, 0.5) is 18.9 Å². The lowest BCUT2D eigenvalue weighted by Crippen LogP contribution is -2.30. The van der Waals surface area contributed by atoms with Crippen LogP contribution in [0.3, 0.4) is 0 Å². The van der Waals surface area contributed by atoms with Gasteiger partial charge in [0.25, 0.3) is 5.78 Å². The van der Waals surface area contributed by atoms with Gasteiger partial charge in [-0.1, -0.05) is 12.1 Å². The predicted molar refractivity (Wildman–Crippen MR) is 82.1 cm³/mol. The number of hydrogen-bond donors (Lipinski definition) is 1. The highest BCUT2D eigenvalue weighted by Crippen LogP contribution is 2.23. The van der Waals surface area contributed by atoms with Crippen LogP contribution in [-0.4, -0.2) is 38.1 Å². The average Bonchev–Trinajstić information content (AvgIpc) is 2.55. The number of ketones is 1. The van der Waals surface area contributed by atoms with Crippen molar-refractivity contribution in [2.45, 2.75) is 13.1 Å². The number of halogens is 3. The number of benzene rings is 1. The highest BCUT2D eigenvalue weighted by Gasteiger charge is 2.37. The summed E-state index contributed by atoms with van der Waals surface area (Å²) in [5.41, 5.74) is 0.932. The van der Waals surface area contributed by atoms with Crippen molar-refractivity contribution in [3.63, 3.8) is 0 Å². The van der Waals surface area contributed by atoms with Crippen LogP contribution in [-0.2, 0) is 19.1 Å². The lowest BCUT2D eigenvalue weighted by atomic mass is 10.1. The van der Waals surface area contributed by atoms with Crippen LogP contribution in [0.15, 0.2) is 30.4 Å². The van der Waals surface area contributed by atoms with Gasteiger partial charge in [0.15, 0.2) is 5.92 Å². The summed E-state index contributed by atoms with van der Waals surface area (Å²) in [5, 5.41) is 2.40. The average molecular weight is 359 g/mol. The standard InChI is InChI=1S/C16H16F3NO5/c1-9-4-5-10(24-2)8-12(9)20-14(22)11(15(23)25-3)6-7-13(21)16(17,18)19/h4-8,11H,1-3H3,(H,20,22)/b7-6+. The fourth-order valence-electron chi connectivity index (χ4n) is 1.75. The third-order valence-corrected chi connectivity index (χ3v) is 3.16. The topological polar surface area (TPSA) is 81.7 Å². The van der Waals surface area contributed by atoms with Crippen LogP contribution >= 0.6 is 0 Å². The zero-order valence-corrected chi connectivity index (χ0v) is 13.6. The van der Waals surface area contributed by atoms with Gasteiger partial charge in [-0.2, -0.15) is 13.2 Å². The van der Waals surface area contributed by atoms with Gasteiger partial charge in [-0.05, 0) is 24.6 Å². The molecule has 1 N–H and O–H groups in total. The van der Waals surface area contributed by atoms with Gasteiger partial charge in [-0.3, -0.25) is 14.4 Å². The van der Waals surface area contributed by atoms with E-state index in [2.05, 4.69) is 10.1 Å². The summed E-state index contributed by atoms with van der Waals surface area (Å²) in [7, 11) is 2.39. The summed E-state index contributed by atoms with van der Waals surface area (Å²) in [6.45, 7) is 1.67. The second-order valence-corrected chi connectivity index (χ2v) is 4.89.